The molecule has 4 rings (SSSR count). The van der Waals surface area contributed by atoms with Crippen molar-refractivity contribution in [3.8, 4) is 5.69 Å². The Labute approximate surface area is 204 Å². The summed E-state index contributed by atoms with van der Waals surface area (Å²) in [6.07, 6.45) is 1.94. The lowest BCUT2D eigenvalue weighted by Gasteiger charge is -2.20. The second kappa shape index (κ2) is 8.88. The second-order valence-corrected chi connectivity index (χ2v) is 10.8. The van der Waals surface area contributed by atoms with Crippen molar-refractivity contribution in [1.29, 1.82) is 0 Å². The van der Waals surface area contributed by atoms with Gasteiger partial charge in [-0.15, -0.1) is 0 Å². The van der Waals surface area contributed by atoms with Gasteiger partial charge in [0.25, 0.3) is 5.91 Å². The average molecular weight is 478 g/mol. The normalized spacial score (nSPS) is 16.6. The molecule has 1 aliphatic heterocycles. The molecule has 0 radical (unpaired) electrons. The first kappa shape index (κ1) is 23.4. The molecule has 0 saturated carbocycles. The molecule has 6 heteroatoms. The maximum atomic E-state index is 12.6. The third-order valence-corrected chi connectivity index (χ3v) is 7.18. The Bertz CT molecular complexity index is 1290. The Morgan fingerprint density at radius 1 is 1.06 bits per heavy atom. The van der Waals surface area contributed by atoms with Crippen LogP contribution < -0.4 is 5.32 Å². The number of amides is 1. The Morgan fingerprint density at radius 2 is 1.76 bits per heavy atom. The number of carbonyl (C=O) groups excluding carboxylic acids is 1. The van der Waals surface area contributed by atoms with E-state index in [2.05, 4.69) is 79.8 Å². The van der Waals surface area contributed by atoms with Crippen LogP contribution in [0.2, 0.25) is 5.02 Å². The molecule has 170 valence electrons. The summed E-state index contributed by atoms with van der Waals surface area (Å²) in [6.45, 7) is 12.7. The third-order valence-electron chi connectivity index (χ3n) is 5.86. The minimum Gasteiger partial charge on any atom is -0.318 e. The largest absolute Gasteiger partial charge is 0.318 e. The molecule has 1 aromatic heterocycles. The number of thioether (sulfide) groups is 1. The average Bonchev–Trinajstić information content (AvgIpc) is 3.23. The van der Waals surface area contributed by atoms with Crippen LogP contribution in [0.15, 0.2) is 58.4 Å². The highest BCUT2D eigenvalue weighted by Crippen LogP contribution is 2.33. The summed E-state index contributed by atoms with van der Waals surface area (Å²) in [7, 11) is 0. The Kier molecular flexibility index (Phi) is 6.30. The lowest BCUT2D eigenvalue weighted by Crippen LogP contribution is -2.19. The van der Waals surface area contributed by atoms with Gasteiger partial charge in [0, 0.05) is 22.1 Å². The predicted molar refractivity (Wildman–Crippen MR) is 141 cm³/mol. The molecule has 1 N–H and O–H groups in total. The molecule has 0 bridgehead atoms. The molecule has 0 spiro atoms. The number of hydrogen-bond acceptors (Lipinski definition) is 3. The predicted octanol–water partition coefficient (Wildman–Crippen LogP) is 7.25. The van der Waals surface area contributed by atoms with Gasteiger partial charge in [-0.3, -0.25) is 4.79 Å². The van der Waals surface area contributed by atoms with E-state index >= 15 is 0 Å². The van der Waals surface area contributed by atoms with Gasteiger partial charge in [0.2, 0.25) is 0 Å². The molecule has 4 nitrogen and oxygen atoms in total. The summed E-state index contributed by atoms with van der Waals surface area (Å²) in [4.78, 5) is 17.8. The van der Waals surface area contributed by atoms with Crippen molar-refractivity contribution in [2.75, 3.05) is 0 Å². The topological polar surface area (TPSA) is 46.4 Å². The van der Waals surface area contributed by atoms with Gasteiger partial charge in [0.15, 0.2) is 5.17 Å². The van der Waals surface area contributed by atoms with Crippen molar-refractivity contribution < 1.29 is 4.79 Å². The molecule has 1 fully saturated rings. The van der Waals surface area contributed by atoms with Crippen LogP contribution in [0.3, 0.4) is 0 Å². The monoisotopic (exact) mass is 477 g/mol. The molecule has 0 aliphatic carbocycles. The number of aryl methyl sites for hydroxylation is 1. The van der Waals surface area contributed by atoms with Gasteiger partial charge in [0.1, 0.15) is 0 Å². The molecule has 1 aliphatic rings. The lowest BCUT2D eigenvalue weighted by atomic mass is 9.87. The van der Waals surface area contributed by atoms with E-state index in [4.69, 9.17) is 11.6 Å². The van der Waals surface area contributed by atoms with Crippen LogP contribution in [0.25, 0.3) is 11.8 Å². The van der Waals surface area contributed by atoms with Crippen molar-refractivity contribution in [3.63, 3.8) is 0 Å². The van der Waals surface area contributed by atoms with Crippen molar-refractivity contribution in [2.45, 2.75) is 47.0 Å². The van der Waals surface area contributed by atoms with Gasteiger partial charge in [-0.25, -0.2) is 4.99 Å². The standard InChI is InChI=1S/C27H28ClN3OS/c1-16-14-19(18(3)31(16)21-12-10-20(11-13-21)27(4,5)6)15-24-25(32)30-26(33-24)29-23-9-7-8-22(28)17(23)2/h7-15H,1-6H3,(H,29,30,32)/b24-15+. The number of nitrogens with zero attached hydrogens (tertiary/aromatic N) is 2. The smallest absolute Gasteiger partial charge is 0.264 e. The zero-order chi connectivity index (χ0) is 23.9. The Hall–Kier alpha value is -2.76. The summed E-state index contributed by atoms with van der Waals surface area (Å²) in [5, 5.41) is 4.08. The Balaban J connectivity index is 1.63. The minimum atomic E-state index is -0.141. The number of amidine groups is 1. The highest BCUT2D eigenvalue weighted by atomic mass is 35.5. The van der Waals surface area contributed by atoms with E-state index in [0.29, 0.717) is 15.1 Å². The van der Waals surface area contributed by atoms with Gasteiger partial charge < -0.3 is 9.88 Å². The van der Waals surface area contributed by atoms with E-state index in [0.717, 1.165) is 33.9 Å². The first-order chi connectivity index (χ1) is 15.5. The van der Waals surface area contributed by atoms with E-state index in [-0.39, 0.29) is 11.3 Å². The number of rotatable bonds is 3. The SMILES string of the molecule is Cc1c(Cl)cccc1N=C1NC(=O)/C(=C\c2cc(C)n(-c3ccc(C(C)(C)C)cc3)c2C)S1. The summed E-state index contributed by atoms with van der Waals surface area (Å²) >= 11 is 7.55. The summed E-state index contributed by atoms with van der Waals surface area (Å²) in [5.41, 5.74) is 7.41. The van der Waals surface area contributed by atoms with Crippen LogP contribution >= 0.6 is 23.4 Å². The summed E-state index contributed by atoms with van der Waals surface area (Å²) in [5.74, 6) is -0.141. The zero-order valence-corrected chi connectivity index (χ0v) is 21.4. The van der Waals surface area contributed by atoms with Crippen LogP contribution in [-0.4, -0.2) is 15.6 Å². The van der Waals surface area contributed by atoms with Crippen LogP contribution in [0, 0.1) is 20.8 Å². The van der Waals surface area contributed by atoms with Gasteiger partial charge in [-0.05, 0) is 91.0 Å². The molecule has 1 amide bonds. The zero-order valence-electron chi connectivity index (χ0n) is 19.8. The molecule has 2 heterocycles. The third kappa shape index (κ3) is 4.80. The van der Waals surface area contributed by atoms with Crippen LogP contribution in [0.4, 0.5) is 5.69 Å². The summed E-state index contributed by atoms with van der Waals surface area (Å²) in [6, 6.07) is 16.4. The quantitative estimate of drug-likeness (QED) is 0.404. The number of hydrogen-bond donors (Lipinski definition) is 1. The van der Waals surface area contributed by atoms with Crippen LogP contribution in [0.5, 0.6) is 0 Å². The summed E-state index contributed by atoms with van der Waals surface area (Å²) < 4.78 is 2.22. The molecule has 33 heavy (non-hydrogen) atoms. The van der Waals surface area contributed by atoms with Crippen molar-refractivity contribution in [1.82, 2.24) is 9.88 Å². The van der Waals surface area contributed by atoms with Gasteiger partial charge in [-0.2, -0.15) is 0 Å². The minimum absolute atomic E-state index is 0.116. The van der Waals surface area contributed by atoms with E-state index < -0.39 is 0 Å². The number of carbonyl (C=O) groups is 1. The fraction of sp³-hybridized carbons (Fsp3) is 0.259. The van der Waals surface area contributed by atoms with Crippen LogP contribution in [0.1, 0.15) is 48.8 Å². The van der Waals surface area contributed by atoms with Gasteiger partial charge in [-0.1, -0.05) is 50.6 Å². The van der Waals surface area contributed by atoms with E-state index in [1.54, 1.807) is 0 Å². The van der Waals surface area contributed by atoms with Crippen molar-refractivity contribution in [2.24, 2.45) is 4.99 Å². The maximum absolute atomic E-state index is 12.6. The van der Waals surface area contributed by atoms with Gasteiger partial charge in [0.05, 0.1) is 10.6 Å². The highest BCUT2D eigenvalue weighted by Gasteiger charge is 2.25. The molecule has 1 saturated heterocycles. The second-order valence-electron chi connectivity index (χ2n) is 9.32. The number of halogens is 1. The molecule has 2 aromatic carbocycles. The molecular formula is C27H28ClN3OS. The number of nitrogens with one attached hydrogen (secondary N) is 1. The number of benzene rings is 2. The molecule has 0 unspecified atom stereocenters. The molecular weight excluding hydrogens is 450 g/mol. The van der Waals surface area contributed by atoms with Crippen molar-refractivity contribution in [3.05, 3.63) is 86.5 Å². The van der Waals surface area contributed by atoms with E-state index in [1.807, 2.05) is 31.2 Å². The fourth-order valence-corrected chi connectivity index (χ4v) is 4.89. The van der Waals surface area contributed by atoms with Crippen molar-refractivity contribution >= 4 is 46.2 Å². The molecule has 0 atom stereocenters. The fourth-order valence-electron chi connectivity index (χ4n) is 3.89. The first-order valence-electron chi connectivity index (χ1n) is 10.9. The number of aromatic nitrogens is 1. The van der Waals surface area contributed by atoms with E-state index in [9.17, 15) is 4.79 Å². The first-order valence-corrected chi connectivity index (χ1v) is 12.1. The van der Waals surface area contributed by atoms with Crippen LogP contribution in [-0.2, 0) is 10.2 Å². The highest BCUT2D eigenvalue weighted by molar-refractivity contribution is 8.18. The maximum Gasteiger partial charge on any atom is 0.264 e. The van der Waals surface area contributed by atoms with E-state index in [1.165, 1.54) is 17.3 Å². The van der Waals surface area contributed by atoms with Gasteiger partial charge >= 0.3 is 0 Å². The lowest BCUT2D eigenvalue weighted by molar-refractivity contribution is -0.115. The molecule has 3 aromatic rings. The number of aliphatic imine (C=N–C) groups is 1. The Morgan fingerprint density at radius 3 is 2.42 bits per heavy atom.